The summed E-state index contributed by atoms with van der Waals surface area (Å²) in [6, 6.07) is 4.80. The van der Waals surface area contributed by atoms with Crippen LogP contribution in [0.2, 0.25) is 0 Å². The van der Waals surface area contributed by atoms with E-state index in [1.54, 1.807) is 26.1 Å². The highest BCUT2D eigenvalue weighted by Gasteiger charge is 2.22. The maximum Gasteiger partial charge on any atom is 0.251 e. The number of hydrogen-bond donors (Lipinski definition) is 5. The van der Waals surface area contributed by atoms with Gasteiger partial charge < -0.3 is 26.6 Å². The van der Waals surface area contributed by atoms with Crippen LogP contribution in [0.4, 0.5) is 11.4 Å². The van der Waals surface area contributed by atoms with Gasteiger partial charge in [0.1, 0.15) is 0 Å². The first-order valence-corrected chi connectivity index (χ1v) is 5.57. The second kappa shape index (κ2) is 5.70. The monoisotopic (exact) mass is 253 g/mol. The van der Waals surface area contributed by atoms with E-state index in [0.717, 1.165) is 0 Å². The van der Waals surface area contributed by atoms with Crippen molar-refractivity contribution in [3.63, 3.8) is 0 Å². The van der Waals surface area contributed by atoms with E-state index in [0.29, 0.717) is 16.9 Å². The Morgan fingerprint density at radius 3 is 2.44 bits per heavy atom. The fourth-order valence-corrected chi connectivity index (χ4v) is 1.42. The Hall–Kier alpha value is -1.79. The smallest absolute Gasteiger partial charge is 0.251 e. The molecule has 0 fully saturated rings. The van der Waals surface area contributed by atoms with Crippen LogP contribution in [0.3, 0.4) is 0 Å². The first-order chi connectivity index (χ1) is 8.45. The van der Waals surface area contributed by atoms with E-state index in [1.165, 1.54) is 6.07 Å². The van der Waals surface area contributed by atoms with Crippen molar-refractivity contribution in [3.05, 3.63) is 23.8 Å². The number of benzene rings is 1. The lowest BCUT2D eigenvalue weighted by Crippen LogP contribution is -2.42. The molecule has 1 aromatic rings. The van der Waals surface area contributed by atoms with Crippen molar-refractivity contribution in [2.45, 2.75) is 12.5 Å². The zero-order valence-corrected chi connectivity index (χ0v) is 10.5. The Balaban J connectivity index is 2.96. The quantitative estimate of drug-likeness (QED) is 0.466. The lowest BCUT2D eigenvalue weighted by atomic mass is 10.0. The van der Waals surface area contributed by atoms with Crippen LogP contribution < -0.4 is 16.4 Å². The van der Waals surface area contributed by atoms with Gasteiger partial charge in [0.2, 0.25) is 0 Å². The number of nitrogens with two attached hydrogens (primary N) is 1. The minimum absolute atomic E-state index is 0.222. The van der Waals surface area contributed by atoms with Crippen LogP contribution in [0, 0.1) is 0 Å². The predicted molar refractivity (Wildman–Crippen MR) is 70.4 cm³/mol. The number of nitrogen functional groups attached to an aromatic ring is 1. The van der Waals surface area contributed by atoms with Gasteiger partial charge >= 0.3 is 0 Å². The third-order valence-electron chi connectivity index (χ3n) is 2.68. The summed E-state index contributed by atoms with van der Waals surface area (Å²) in [6.45, 7) is 1.19. The summed E-state index contributed by atoms with van der Waals surface area (Å²) >= 11 is 0. The molecule has 0 saturated carbocycles. The Labute approximate surface area is 106 Å². The molecule has 0 aromatic heterocycles. The molecule has 100 valence electrons. The topological polar surface area (TPSA) is 108 Å². The molecule has 1 amide bonds. The average Bonchev–Trinajstić information content (AvgIpc) is 2.40. The average molecular weight is 253 g/mol. The highest BCUT2D eigenvalue weighted by molar-refractivity contribution is 5.95. The van der Waals surface area contributed by atoms with E-state index >= 15 is 0 Å². The van der Waals surface area contributed by atoms with E-state index in [4.69, 9.17) is 5.73 Å². The molecule has 0 aliphatic heterocycles. The van der Waals surface area contributed by atoms with Crippen molar-refractivity contribution >= 4 is 17.3 Å². The lowest BCUT2D eigenvalue weighted by molar-refractivity contribution is 0.0963. The number of amides is 1. The van der Waals surface area contributed by atoms with Crippen LogP contribution in [0.5, 0.6) is 0 Å². The molecule has 0 atom stereocenters. The third kappa shape index (κ3) is 3.12. The van der Waals surface area contributed by atoms with E-state index in [9.17, 15) is 15.0 Å². The van der Waals surface area contributed by atoms with Crippen LogP contribution in [0.25, 0.3) is 0 Å². The Morgan fingerprint density at radius 2 is 2.00 bits per heavy atom. The van der Waals surface area contributed by atoms with Crippen LogP contribution in [-0.4, -0.2) is 41.9 Å². The number of anilines is 2. The molecule has 0 heterocycles. The van der Waals surface area contributed by atoms with Crippen LogP contribution in [0.1, 0.15) is 17.3 Å². The normalized spacial score (nSPS) is 11.1. The Kier molecular flexibility index (Phi) is 4.52. The number of nitrogens with one attached hydrogen (secondary N) is 2. The molecule has 0 aliphatic carbocycles. The number of carbonyl (C=O) groups is 1. The van der Waals surface area contributed by atoms with Crippen LogP contribution in [-0.2, 0) is 0 Å². The third-order valence-corrected chi connectivity index (χ3v) is 2.68. The zero-order valence-electron chi connectivity index (χ0n) is 10.5. The number of aliphatic hydroxyl groups excluding tert-OH is 2. The molecule has 1 rings (SSSR count). The second-order valence-electron chi connectivity index (χ2n) is 4.38. The molecule has 0 bridgehead atoms. The molecule has 1 aromatic carbocycles. The highest BCUT2D eigenvalue weighted by Crippen LogP contribution is 2.23. The molecule has 0 unspecified atom stereocenters. The van der Waals surface area contributed by atoms with Crippen LogP contribution >= 0.6 is 0 Å². The van der Waals surface area contributed by atoms with Crippen LogP contribution in [0.15, 0.2) is 18.2 Å². The van der Waals surface area contributed by atoms with Gasteiger partial charge in [0.05, 0.1) is 30.1 Å². The van der Waals surface area contributed by atoms with Gasteiger partial charge in [-0.3, -0.25) is 4.79 Å². The van der Waals surface area contributed by atoms with Crippen molar-refractivity contribution in [2.75, 3.05) is 31.3 Å². The number of aliphatic hydroxyl groups is 2. The van der Waals surface area contributed by atoms with Crippen molar-refractivity contribution in [1.29, 1.82) is 0 Å². The molecule has 0 saturated heterocycles. The standard InChI is InChI=1S/C12H19N3O3/c1-12(6-16,7-17)15-10-4-3-8(5-9(10)13)11(18)14-2/h3-5,15-17H,6-7,13H2,1-2H3,(H,14,18). The Morgan fingerprint density at radius 1 is 1.39 bits per heavy atom. The van der Waals surface area contributed by atoms with E-state index < -0.39 is 5.54 Å². The first-order valence-electron chi connectivity index (χ1n) is 5.57. The van der Waals surface area contributed by atoms with Gasteiger partial charge in [0.15, 0.2) is 0 Å². The highest BCUT2D eigenvalue weighted by atomic mass is 16.3. The van der Waals surface area contributed by atoms with Crippen molar-refractivity contribution in [3.8, 4) is 0 Å². The maximum atomic E-state index is 11.4. The summed E-state index contributed by atoms with van der Waals surface area (Å²) in [5.41, 5.74) is 6.36. The fourth-order valence-electron chi connectivity index (χ4n) is 1.42. The molecular formula is C12H19N3O3. The second-order valence-corrected chi connectivity index (χ2v) is 4.38. The summed E-state index contributed by atoms with van der Waals surface area (Å²) in [5.74, 6) is -0.222. The van der Waals surface area contributed by atoms with Gasteiger partial charge in [0, 0.05) is 12.6 Å². The molecule has 6 N–H and O–H groups in total. The zero-order chi connectivity index (χ0) is 13.8. The van der Waals surface area contributed by atoms with E-state index in [-0.39, 0.29) is 19.1 Å². The minimum Gasteiger partial charge on any atom is -0.397 e. The Bertz CT molecular complexity index is 431. The minimum atomic E-state index is -0.858. The summed E-state index contributed by atoms with van der Waals surface area (Å²) < 4.78 is 0. The number of hydrogen-bond acceptors (Lipinski definition) is 5. The molecule has 0 radical (unpaired) electrons. The lowest BCUT2D eigenvalue weighted by Gasteiger charge is -2.28. The summed E-state index contributed by atoms with van der Waals surface area (Å²) in [4.78, 5) is 11.4. The van der Waals surface area contributed by atoms with Crippen molar-refractivity contribution in [1.82, 2.24) is 5.32 Å². The molecule has 0 spiro atoms. The molecule has 6 heteroatoms. The summed E-state index contributed by atoms with van der Waals surface area (Å²) in [7, 11) is 1.54. The molecule has 18 heavy (non-hydrogen) atoms. The summed E-state index contributed by atoms with van der Waals surface area (Å²) in [5, 5.41) is 23.8. The summed E-state index contributed by atoms with van der Waals surface area (Å²) in [6.07, 6.45) is 0. The van der Waals surface area contributed by atoms with Gasteiger partial charge in [-0.1, -0.05) is 0 Å². The van der Waals surface area contributed by atoms with Gasteiger partial charge in [0.25, 0.3) is 5.91 Å². The van der Waals surface area contributed by atoms with Crippen molar-refractivity contribution in [2.24, 2.45) is 0 Å². The van der Waals surface area contributed by atoms with E-state index in [2.05, 4.69) is 10.6 Å². The number of carbonyl (C=O) groups excluding carboxylic acids is 1. The SMILES string of the molecule is CNC(=O)c1ccc(NC(C)(CO)CO)c(N)c1. The fraction of sp³-hybridized carbons (Fsp3) is 0.417. The maximum absolute atomic E-state index is 11.4. The first kappa shape index (κ1) is 14.3. The van der Waals surface area contributed by atoms with Gasteiger partial charge in [-0.05, 0) is 25.1 Å². The van der Waals surface area contributed by atoms with Gasteiger partial charge in [-0.25, -0.2) is 0 Å². The number of rotatable bonds is 5. The molecular weight excluding hydrogens is 234 g/mol. The molecule has 6 nitrogen and oxygen atoms in total. The van der Waals surface area contributed by atoms with Crippen molar-refractivity contribution < 1.29 is 15.0 Å². The van der Waals surface area contributed by atoms with Gasteiger partial charge in [-0.2, -0.15) is 0 Å². The van der Waals surface area contributed by atoms with Gasteiger partial charge in [-0.15, -0.1) is 0 Å². The molecule has 0 aliphatic rings. The predicted octanol–water partition coefficient (Wildman–Crippen LogP) is -0.216. The largest absolute Gasteiger partial charge is 0.397 e. The van der Waals surface area contributed by atoms with E-state index in [1.807, 2.05) is 0 Å².